The minimum absolute atomic E-state index is 1.07. The van der Waals surface area contributed by atoms with E-state index in [1.165, 1.54) is 82.7 Å². The first-order valence-electron chi connectivity index (χ1n) is 23.8. The highest BCUT2D eigenvalue weighted by Gasteiger charge is 2.25. The second kappa shape index (κ2) is 18.3. The van der Waals surface area contributed by atoms with E-state index in [4.69, 9.17) is 0 Å². The van der Waals surface area contributed by atoms with E-state index in [9.17, 15) is 0 Å². The molecule has 0 amide bonds. The van der Waals surface area contributed by atoms with E-state index in [0.717, 1.165) is 33.8 Å². The fourth-order valence-electron chi connectivity index (χ4n) is 10.3. The molecule has 69 heavy (non-hydrogen) atoms. The largest absolute Gasteiger partial charge is 0.309 e. The molecule has 0 atom stereocenters. The molecule has 0 aliphatic carbocycles. The second-order valence-corrected chi connectivity index (χ2v) is 17.6. The molecule has 0 aliphatic heterocycles. The van der Waals surface area contributed by atoms with Crippen LogP contribution in [0.25, 0.3) is 99.4 Å². The van der Waals surface area contributed by atoms with Crippen LogP contribution in [-0.2, 0) is 0 Å². The molecule has 12 rings (SSSR count). The summed E-state index contributed by atoms with van der Waals surface area (Å²) in [6, 6.07) is 104. The highest BCUT2D eigenvalue weighted by Crippen LogP contribution is 2.51. The zero-order valence-corrected chi connectivity index (χ0v) is 38.1. The highest BCUT2D eigenvalue weighted by molar-refractivity contribution is 6.25. The lowest BCUT2D eigenvalue weighted by Gasteiger charge is -2.31. The first kappa shape index (κ1) is 41.4. The maximum Gasteiger partial charge on any atom is 0.0546 e. The third-order valence-corrected chi connectivity index (χ3v) is 13.5. The number of rotatable bonds is 10. The van der Waals surface area contributed by atoms with Crippen LogP contribution in [0, 0.1) is 0 Å². The van der Waals surface area contributed by atoms with Gasteiger partial charge in [-0.25, -0.2) is 0 Å². The smallest absolute Gasteiger partial charge is 0.0546 e. The molecule has 0 bridgehead atoms. The number of fused-ring (bicyclic) bond motifs is 3. The van der Waals surface area contributed by atoms with Gasteiger partial charge in [0.15, 0.2) is 0 Å². The summed E-state index contributed by atoms with van der Waals surface area (Å²) < 4.78 is 0. The van der Waals surface area contributed by atoms with E-state index >= 15 is 0 Å². The Kier molecular flexibility index (Phi) is 11.0. The SMILES string of the molecule is c1ccc(-c2ccc(N(c3ccc(-c4ccc(-c5ccccc5)c(-c5ccccc5)c4)cc3)c3cccc4c(-c5ccccc5)c(-c5ccccc5)c5ccccc5c34)c(-c3ccccc3)c2)cc1. The lowest BCUT2D eigenvalue weighted by atomic mass is 9.84. The Morgan fingerprint density at radius 1 is 0.203 bits per heavy atom. The zero-order chi connectivity index (χ0) is 45.9. The van der Waals surface area contributed by atoms with Crippen LogP contribution in [0.1, 0.15) is 0 Å². The predicted molar refractivity (Wildman–Crippen MR) is 294 cm³/mol. The van der Waals surface area contributed by atoms with Crippen LogP contribution < -0.4 is 4.90 Å². The molecule has 324 valence electrons. The lowest BCUT2D eigenvalue weighted by Crippen LogP contribution is -2.12. The standard InChI is InChI=1S/C68H47N/c1-7-22-48(23-8-1)56-41-45-64(63(47-56)52-28-13-4-14-29-52)69(57-42-38-49(39-43-57)55-40-44-58(50-24-9-2-10-25-50)62(46-55)51-26-11-3-12-27-51)65-37-21-36-61-67(54-32-17-6-18-33-54)66(53-30-15-5-16-31-53)59-34-19-20-35-60(59)68(61)65/h1-47H. The Bertz CT molecular complexity index is 3720. The minimum Gasteiger partial charge on any atom is -0.309 e. The molecule has 0 aliphatic rings. The summed E-state index contributed by atoms with van der Waals surface area (Å²) in [5.41, 5.74) is 19.9. The Morgan fingerprint density at radius 3 is 1.16 bits per heavy atom. The number of anilines is 3. The van der Waals surface area contributed by atoms with Gasteiger partial charge in [-0.1, -0.05) is 249 Å². The molecule has 0 saturated heterocycles. The number of nitrogens with zero attached hydrogens (tertiary/aromatic N) is 1. The highest BCUT2D eigenvalue weighted by atomic mass is 15.1. The normalized spacial score (nSPS) is 11.2. The summed E-state index contributed by atoms with van der Waals surface area (Å²) >= 11 is 0. The Hall–Kier alpha value is -9.04. The van der Waals surface area contributed by atoms with Crippen molar-refractivity contribution in [2.45, 2.75) is 0 Å². The van der Waals surface area contributed by atoms with E-state index in [2.05, 4.69) is 290 Å². The van der Waals surface area contributed by atoms with Crippen LogP contribution in [0.3, 0.4) is 0 Å². The van der Waals surface area contributed by atoms with Crippen LogP contribution in [-0.4, -0.2) is 0 Å². The molecule has 0 saturated carbocycles. The van der Waals surface area contributed by atoms with E-state index in [0.29, 0.717) is 0 Å². The number of benzene rings is 12. The van der Waals surface area contributed by atoms with Gasteiger partial charge in [-0.2, -0.15) is 0 Å². The van der Waals surface area contributed by atoms with Crippen molar-refractivity contribution in [2.75, 3.05) is 4.90 Å². The molecule has 0 spiro atoms. The van der Waals surface area contributed by atoms with Crippen molar-refractivity contribution < 1.29 is 0 Å². The lowest BCUT2D eigenvalue weighted by molar-refractivity contribution is 1.30. The molecule has 0 unspecified atom stereocenters. The van der Waals surface area contributed by atoms with Crippen LogP contribution in [0.5, 0.6) is 0 Å². The van der Waals surface area contributed by atoms with Crippen molar-refractivity contribution in [2.24, 2.45) is 0 Å². The fourth-order valence-corrected chi connectivity index (χ4v) is 10.3. The molecule has 0 heterocycles. The molecule has 1 heteroatoms. The van der Waals surface area contributed by atoms with Gasteiger partial charge in [0.05, 0.1) is 11.4 Å². The summed E-state index contributed by atoms with van der Waals surface area (Å²) in [4.78, 5) is 2.50. The van der Waals surface area contributed by atoms with Gasteiger partial charge in [-0.15, -0.1) is 0 Å². The topological polar surface area (TPSA) is 3.24 Å². The van der Waals surface area contributed by atoms with Crippen LogP contribution >= 0.6 is 0 Å². The maximum atomic E-state index is 2.50. The van der Waals surface area contributed by atoms with Gasteiger partial charge in [-0.05, 0) is 125 Å². The van der Waals surface area contributed by atoms with Gasteiger partial charge >= 0.3 is 0 Å². The van der Waals surface area contributed by atoms with Gasteiger partial charge in [0.25, 0.3) is 0 Å². The second-order valence-electron chi connectivity index (χ2n) is 17.6. The van der Waals surface area contributed by atoms with Crippen molar-refractivity contribution in [3.8, 4) is 77.9 Å². The van der Waals surface area contributed by atoms with Crippen LogP contribution in [0.15, 0.2) is 285 Å². The summed E-state index contributed by atoms with van der Waals surface area (Å²) in [5, 5.41) is 4.82. The average Bonchev–Trinajstić information content (AvgIpc) is 3.44. The molecular formula is C68H47N. The molecule has 0 radical (unpaired) electrons. The average molecular weight is 878 g/mol. The van der Waals surface area contributed by atoms with Crippen LogP contribution in [0.2, 0.25) is 0 Å². The third-order valence-electron chi connectivity index (χ3n) is 13.5. The molecule has 12 aromatic rings. The van der Waals surface area contributed by atoms with Gasteiger partial charge in [0.1, 0.15) is 0 Å². The van der Waals surface area contributed by atoms with E-state index in [-0.39, 0.29) is 0 Å². The number of hydrogen-bond donors (Lipinski definition) is 0. The minimum atomic E-state index is 1.07. The first-order chi connectivity index (χ1) is 34.3. The molecule has 0 N–H and O–H groups in total. The Morgan fingerprint density at radius 2 is 0.594 bits per heavy atom. The zero-order valence-electron chi connectivity index (χ0n) is 38.1. The van der Waals surface area contributed by atoms with Gasteiger partial charge < -0.3 is 4.90 Å². The molecule has 1 nitrogen and oxygen atoms in total. The van der Waals surface area contributed by atoms with Crippen molar-refractivity contribution in [1.29, 1.82) is 0 Å². The van der Waals surface area contributed by atoms with E-state index in [1.54, 1.807) is 0 Å². The monoisotopic (exact) mass is 877 g/mol. The summed E-state index contributed by atoms with van der Waals surface area (Å²) in [6.45, 7) is 0. The molecule has 0 fully saturated rings. The van der Waals surface area contributed by atoms with E-state index in [1.807, 2.05) is 0 Å². The van der Waals surface area contributed by atoms with Gasteiger partial charge in [0, 0.05) is 16.6 Å². The first-order valence-corrected chi connectivity index (χ1v) is 23.8. The third kappa shape index (κ3) is 7.86. The quantitative estimate of drug-likeness (QED) is 0.124. The predicted octanol–water partition coefficient (Wildman–Crippen LogP) is 19.1. The maximum absolute atomic E-state index is 2.50. The number of hydrogen-bond acceptors (Lipinski definition) is 1. The molecular weight excluding hydrogens is 831 g/mol. The molecule has 12 aromatic carbocycles. The van der Waals surface area contributed by atoms with Crippen LogP contribution in [0.4, 0.5) is 17.1 Å². The Balaban J connectivity index is 1.12. The van der Waals surface area contributed by atoms with Crippen molar-refractivity contribution in [3.63, 3.8) is 0 Å². The van der Waals surface area contributed by atoms with Crippen molar-refractivity contribution >= 4 is 38.6 Å². The van der Waals surface area contributed by atoms with Gasteiger partial charge in [-0.3, -0.25) is 0 Å². The fraction of sp³-hybridized carbons (Fsp3) is 0. The van der Waals surface area contributed by atoms with Crippen molar-refractivity contribution in [1.82, 2.24) is 0 Å². The Labute approximate surface area is 404 Å². The van der Waals surface area contributed by atoms with Crippen molar-refractivity contribution in [3.05, 3.63) is 285 Å². The summed E-state index contributed by atoms with van der Waals surface area (Å²) in [6.07, 6.45) is 0. The summed E-state index contributed by atoms with van der Waals surface area (Å²) in [5.74, 6) is 0. The van der Waals surface area contributed by atoms with Gasteiger partial charge in [0.2, 0.25) is 0 Å². The van der Waals surface area contributed by atoms with E-state index < -0.39 is 0 Å². The molecule has 0 aromatic heterocycles. The summed E-state index contributed by atoms with van der Waals surface area (Å²) in [7, 11) is 0.